The molecule has 0 bridgehead atoms. The van der Waals surface area contributed by atoms with Crippen molar-refractivity contribution in [2.24, 2.45) is 10.8 Å². The molecule has 0 radical (unpaired) electrons. The lowest BCUT2D eigenvalue weighted by Crippen LogP contribution is -2.31. The molecule has 0 saturated carbocycles. The van der Waals surface area contributed by atoms with Crippen LogP contribution in [0.25, 0.3) is 0 Å². The van der Waals surface area contributed by atoms with E-state index in [1.165, 1.54) is 0 Å². The maximum atomic E-state index is 5.62. The van der Waals surface area contributed by atoms with Crippen molar-refractivity contribution in [3.8, 4) is 0 Å². The Hall–Kier alpha value is -1.42. The largest absolute Gasteiger partial charge is 0.374 e. The summed E-state index contributed by atoms with van der Waals surface area (Å²) in [7, 11) is 0. The second kappa shape index (κ2) is 5.46. The molecule has 4 heteroatoms. The molecule has 0 aliphatic rings. The Labute approximate surface area is 95.6 Å². The number of anilines is 1. The van der Waals surface area contributed by atoms with Crippen LogP contribution in [0.2, 0.25) is 0 Å². The molecule has 0 spiro atoms. The van der Waals surface area contributed by atoms with Crippen molar-refractivity contribution in [2.75, 3.05) is 5.01 Å². The van der Waals surface area contributed by atoms with Crippen molar-refractivity contribution in [2.45, 2.75) is 20.3 Å². The van der Waals surface area contributed by atoms with E-state index in [2.05, 4.69) is 5.10 Å². The Morgan fingerprint density at radius 1 is 1.40 bits per heavy atom. The molecule has 0 aromatic heterocycles. The van der Waals surface area contributed by atoms with E-state index in [0.717, 1.165) is 17.8 Å². The van der Waals surface area contributed by atoms with Gasteiger partial charge >= 0.3 is 0 Å². The van der Waals surface area contributed by atoms with Crippen molar-refractivity contribution in [3.63, 3.8) is 0 Å². The first-order valence-electron chi connectivity index (χ1n) is 4.83. The van der Waals surface area contributed by atoms with Crippen LogP contribution in [0.1, 0.15) is 20.3 Å². The zero-order valence-electron chi connectivity index (χ0n) is 8.97. The highest BCUT2D eigenvalue weighted by Gasteiger charge is 2.06. The Bertz CT molecular complexity index is 359. The summed E-state index contributed by atoms with van der Waals surface area (Å²) in [5.74, 6) is 0. The Kier molecular flexibility index (Phi) is 4.24. The van der Waals surface area contributed by atoms with Crippen LogP contribution in [-0.4, -0.2) is 10.8 Å². The molecule has 3 nitrogen and oxygen atoms in total. The fourth-order valence-electron chi connectivity index (χ4n) is 1.04. The van der Waals surface area contributed by atoms with Crippen molar-refractivity contribution < 1.29 is 0 Å². The van der Waals surface area contributed by atoms with E-state index in [9.17, 15) is 0 Å². The van der Waals surface area contributed by atoms with Gasteiger partial charge in [-0.1, -0.05) is 25.1 Å². The molecule has 1 aromatic carbocycles. The highest BCUT2D eigenvalue weighted by Crippen LogP contribution is 2.13. The molecule has 0 amide bonds. The highest BCUT2D eigenvalue weighted by molar-refractivity contribution is 7.80. The molecule has 0 atom stereocenters. The van der Waals surface area contributed by atoms with E-state index < -0.39 is 0 Å². The number of benzene rings is 1. The van der Waals surface area contributed by atoms with E-state index in [1.54, 1.807) is 5.01 Å². The molecular formula is C11H15N3S. The molecule has 15 heavy (non-hydrogen) atoms. The Morgan fingerprint density at radius 3 is 2.47 bits per heavy atom. The fourth-order valence-corrected chi connectivity index (χ4v) is 1.19. The van der Waals surface area contributed by atoms with Gasteiger partial charge in [-0.3, -0.25) is 0 Å². The monoisotopic (exact) mass is 221 g/mol. The Balaban J connectivity index is 2.99. The summed E-state index contributed by atoms with van der Waals surface area (Å²) >= 11 is 4.96. The maximum Gasteiger partial charge on any atom is 0.191 e. The van der Waals surface area contributed by atoms with Crippen LogP contribution in [-0.2, 0) is 0 Å². The molecule has 1 aromatic rings. The summed E-state index contributed by atoms with van der Waals surface area (Å²) in [6.45, 7) is 4.00. The zero-order valence-corrected chi connectivity index (χ0v) is 9.79. The van der Waals surface area contributed by atoms with Gasteiger partial charge in [0, 0.05) is 5.71 Å². The van der Waals surface area contributed by atoms with E-state index >= 15 is 0 Å². The van der Waals surface area contributed by atoms with Crippen LogP contribution in [0.5, 0.6) is 0 Å². The second-order valence-corrected chi connectivity index (χ2v) is 3.59. The normalized spacial score (nSPS) is 11.2. The van der Waals surface area contributed by atoms with Crippen LogP contribution in [0.15, 0.2) is 35.4 Å². The number of hydrogen-bond acceptors (Lipinski definition) is 2. The molecule has 0 aliphatic carbocycles. The highest BCUT2D eigenvalue weighted by atomic mass is 32.1. The van der Waals surface area contributed by atoms with Gasteiger partial charge in [-0.2, -0.15) is 5.10 Å². The quantitative estimate of drug-likeness (QED) is 0.484. The standard InChI is InChI=1S/C11H15N3S/c1-3-9(2)13-14(11(12)15)10-7-5-4-6-8-10/h4-8H,3H2,1-2H3,(H2,12,15)/b13-9+. The predicted octanol–water partition coefficient (Wildman–Crippen LogP) is 2.52. The van der Waals surface area contributed by atoms with Gasteiger partial charge in [-0.25, -0.2) is 5.01 Å². The van der Waals surface area contributed by atoms with Crippen LogP contribution < -0.4 is 10.7 Å². The third kappa shape index (κ3) is 3.32. The van der Waals surface area contributed by atoms with Gasteiger partial charge < -0.3 is 5.73 Å². The summed E-state index contributed by atoms with van der Waals surface area (Å²) in [4.78, 5) is 0. The van der Waals surface area contributed by atoms with Gasteiger partial charge in [-0.15, -0.1) is 0 Å². The van der Waals surface area contributed by atoms with Gasteiger partial charge in [-0.05, 0) is 37.7 Å². The first-order valence-corrected chi connectivity index (χ1v) is 5.24. The zero-order chi connectivity index (χ0) is 11.3. The summed E-state index contributed by atoms with van der Waals surface area (Å²) in [6, 6.07) is 9.64. The number of hydrogen-bond donors (Lipinski definition) is 1. The van der Waals surface area contributed by atoms with Crippen molar-refractivity contribution in [3.05, 3.63) is 30.3 Å². The first kappa shape index (κ1) is 11.7. The molecule has 1 rings (SSSR count). The van der Waals surface area contributed by atoms with E-state index in [-0.39, 0.29) is 5.11 Å². The summed E-state index contributed by atoms with van der Waals surface area (Å²) < 4.78 is 0. The fraction of sp³-hybridized carbons (Fsp3) is 0.273. The number of rotatable bonds is 3. The van der Waals surface area contributed by atoms with Crippen molar-refractivity contribution >= 4 is 28.7 Å². The average molecular weight is 221 g/mol. The summed E-state index contributed by atoms with van der Waals surface area (Å²) in [6.07, 6.45) is 0.881. The Morgan fingerprint density at radius 2 is 2.00 bits per heavy atom. The molecule has 80 valence electrons. The van der Waals surface area contributed by atoms with Gasteiger partial charge in [0.15, 0.2) is 5.11 Å². The SMILES string of the molecule is CC/C(C)=N/N(C(N)=S)c1ccccc1. The first-order chi connectivity index (χ1) is 7.15. The number of thiocarbonyl (C=S) groups is 1. The molecule has 0 aliphatic heterocycles. The van der Waals surface area contributed by atoms with Crippen LogP contribution >= 0.6 is 12.2 Å². The lowest BCUT2D eigenvalue weighted by molar-refractivity contribution is 1.09. The minimum absolute atomic E-state index is 0.258. The van der Waals surface area contributed by atoms with E-state index in [4.69, 9.17) is 18.0 Å². The molecular weight excluding hydrogens is 206 g/mol. The second-order valence-electron chi connectivity index (χ2n) is 3.17. The molecule has 0 unspecified atom stereocenters. The summed E-state index contributed by atoms with van der Waals surface area (Å²) in [5, 5.41) is 6.18. The lowest BCUT2D eigenvalue weighted by atomic mass is 10.3. The third-order valence-corrected chi connectivity index (χ3v) is 2.16. The molecule has 2 N–H and O–H groups in total. The number of para-hydroxylation sites is 1. The smallest absolute Gasteiger partial charge is 0.191 e. The van der Waals surface area contributed by atoms with Gasteiger partial charge in [0.2, 0.25) is 0 Å². The molecule has 0 heterocycles. The number of nitrogens with two attached hydrogens (primary N) is 1. The minimum atomic E-state index is 0.258. The van der Waals surface area contributed by atoms with Crippen molar-refractivity contribution in [1.29, 1.82) is 0 Å². The van der Waals surface area contributed by atoms with Crippen LogP contribution in [0, 0.1) is 0 Å². The third-order valence-electron chi connectivity index (χ3n) is 1.99. The number of hydrazone groups is 1. The van der Waals surface area contributed by atoms with Crippen molar-refractivity contribution in [1.82, 2.24) is 0 Å². The average Bonchev–Trinajstić information content (AvgIpc) is 2.26. The minimum Gasteiger partial charge on any atom is -0.374 e. The van der Waals surface area contributed by atoms with Gasteiger partial charge in [0.1, 0.15) is 0 Å². The van der Waals surface area contributed by atoms with E-state index in [0.29, 0.717) is 0 Å². The molecule has 0 saturated heterocycles. The van der Waals surface area contributed by atoms with E-state index in [1.807, 2.05) is 44.2 Å². The summed E-state index contributed by atoms with van der Waals surface area (Å²) in [5.41, 5.74) is 7.50. The lowest BCUT2D eigenvalue weighted by Gasteiger charge is -2.17. The maximum absolute atomic E-state index is 5.62. The van der Waals surface area contributed by atoms with Crippen LogP contribution in [0.4, 0.5) is 5.69 Å². The molecule has 0 fully saturated rings. The predicted molar refractivity (Wildman–Crippen MR) is 69.1 cm³/mol. The van der Waals surface area contributed by atoms with Gasteiger partial charge in [0.05, 0.1) is 5.69 Å². The van der Waals surface area contributed by atoms with Gasteiger partial charge in [0.25, 0.3) is 0 Å². The number of nitrogens with zero attached hydrogens (tertiary/aromatic N) is 2. The van der Waals surface area contributed by atoms with Crippen LogP contribution in [0.3, 0.4) is 0 Å². The topological polar surface area (TPSA) is 41.6 Å².